The highest BCUT2D eigenvalue weighted by Crippen LogP contribution is 2.25. The van der Waals surface area contributed by atoms with Gasteiger partial charge >= 0.3 is 18.1 Å². The van der Waals surface area contributed by atoms with Crippen LogP contribution in [0, 0.1) is 0 Å². The fraction of sp³-hybridized carbons (Fsp3) is 0.333. The summed E-state index contributed by atoms with van der Waals surface area (Å²) < 4.78 is 41.4. The van der Waals surface area contributed by atoms with Gasteiger partial charge in [0.1, 0.15) is 0 Å². The zero-order valence-electron chi connectivity index (χ0n) is 10.2. The first-order chi connectivity index (χ1) is 8.71. The van der Waals surface area contributed by atoms with Gasteiger partial charge in [-0.3, -0.25) is 4.79 Å². The summed E-state index contributed by atoms with van der Waals surface area (Å²) in [6.07, 6.45) is -5.08. The van der Waals surface area contributed by atoms with Gasteiger partial charge in [-0.1, -0.05) is 30.3 Å². The van der Waals surface area contributed by atoms with Crippen LogP contribution in [0.15, 0.2) is 30.3 Å². The van der Waals surface area contributed by atoms with Crippen LogP contribution in [0.1, 0.15) is 12.5 Å². The van der Waals surface area contributed by atoms with Crippen LogP contribution in [0.25, 0.3) is 0 Å². The summed E-state index contributed by atoms with van der Waals surface area (Å²) in [5.74, 6) is -3.19. The third-order valence-electron chi connectivity index (χ3n) is 2.57. The third-order valence-corrected chi connectivity index (χ3v) is 2.57. The van der Waals surface area contributed by atoms with E-state index in [9.17, 15) is 22.8 Å². The predicted molar refractivity (Wildman–Crippen MR) is 60.0 cm³/mol. The van der Waals surface area contributed by atoms with Crippen molar-refractivity contribution < 1.29 is 27.5 Å². The molecule has 0 aliphatic rings. The van der Waals surface area contributed by atoms with E-state index in [0.717, 1.165) is 14.0 Å². The highest BCUT2D eigenvalue weighted by Gasteiger charge is 2.46. The molecule has 0 aromatic heterocycles. The molecule has 1 rings (SSSR count). The summed E-state index contributed by atoms with van der Waals surface area (Å²) in [5, 5.41) is 1.66. The van der Waals surface area contributed by atoms with Gasteiger partial charge in [0.15, 0.2) is 5.54 Å². The average molecular weight is 275 g/mol. The fourth-order valence-corrected chi connectivity index (χ4v) is 1.51. The molecule has 0 saturated heterocycles. The number of carbonyl (C=O) groups excluding carboxylic acids is 2. The van der Waals surface area contributed by atoms with Gasteiger partial charge in [0.25, 0.3) is 0 Å². The molecule has 0 fully saturated rings. The molecular formula is C12H12F3NO3. The van der Waals surface area contributed by atoms with E-state index < -0.39 is 23.6 Å². The number of hydrogen-bond acceptors (Lipinski definition) is 3. The molecule has 0 saturated carbocycles. The Labute approximate surface area is 107 Å². The van der Waals surface area contributed by atoms with Crippen molar-refractivity contribution in [2.45, 2.75) is 18.6 Å². The van der Waals surface area contributed by atoms with Crippen LogP contribution in [0.3, 0.4) is 0 Å². The van der Waals surface area contributed by atoms with Crippen LogP contribution in [0.5, 0.6) is 0 Å². The van der Waals surface area contributed by atoms with E-state index in [2.05, 4.69) is 4.74 Å². The van der Waals surface area contributed by atoms with Crippen molar-refractivity contribution in [3.8, 4) is 0 Å². The number of amides is 1. The van der Waals surface area contributed by atoms with Crippen molar-refractivity contribution in [3.05, 3.63) is 35.9 Å². The maximum atomic E-state index is 12.3. The Kier molecular flexibility index (Phi) is 4.18. The molecule has 1 unspecified atom stereocenters. The summed E-state index contributed by atoms with van der Waals surface area (Å²) in [6, 6.07) is 7.56. The molecule has 0 radical (unpaired) electrons. The zero-order valence-corrected chi connectivity index (χ0v) is 10.2. The van der Waals surface area contributed by atoms with Crippen LogP contribution in [-0.4, -0.2) is 25.2 Å². The van der Waals surface area contributed by atoms with Gasteiger partial charge in [-0.15, -0.1) is 0 Å². The number of halogens is 3. The summed E-state index contributed by atoms with van der Waals surface area (Å²) >= 11 is 0. The first kappa shape index (κ1) is 15.0. The molecule has 0 aliphatic heterocycles. The SMILES string of the molecule is COC(=O)C(C)(NC(=O)C(F)(F)F)c1ccccc1. The number of methoxy groups -OCH3 is 1. The Morgan fingerprint density at radius 3 is 2.11 bits per heavy atom. The number of nitrogens with one attached hydrogen (secondary N) is 1. The second-order valence-corrected chi connectivity index (χ2v) is 3.93. The lowest BCUT2D eigenvalue weighted by Gasteiger charge is -2.28. The van der Waals surface area contributed by atoms with Crippen molar-refractivity contribution in [2.24, 2.45) is 0 Å². The fourth-order valence-electron chi connectivity index (χ4n) is 1.51. The Morgan fingerprint density at radius 1 is 1.16 bits per heavy atom. The molecule has 104 valence electrons. The molecule has 0 heterocycles. The molecule has 1 atom stereocenters. The molecule has 19 heavy (non-hydrogen) atoms. The molecule has 1 aromatic rings. The van der Waals surface area contributed by atoms with Gasteiger partial charge in [-0.25, -0.2) is 4.79 Å². The van der Waals surface area contributed by atoms with Crippen LogP contribution in [0.4, 0.5) is 13.2 Å². The Hall–Kier alpha value is -2.05. The van der Waals surface area contributed by atoms with Crippen LogP contribution >= 0.6 is 0 Å². The number of carbonyl (C=O) groups is 2. The molecule has 1 amide bonds. The van der Waals surface area contributed by atoms with Crippen LogP contribution < -0.4 is 5.32 Å². The monoisotopic (exact) mass is 275 g/mol. The minimum absolute atomic E-state index is 0.194. The lowest BCUT2D eigenvalue weighted by molar-refractivity contribution is -0.178. The van der Waals surface area contributed by atoms with Gasteiger partial charge in [0, 0.05) is 0 Å². The van der Waals surface area contributed by atoms with Gasteiger partial charge < -0.3 is 10.1 Å². The van der Waals surface area contributed by atoms with Crippen molar-refractivity contribution in [2.75, 3.05) is 7.11 Å². The lowest BCUT2D eigenvalue weighted by atomic mass is 9.92. The van der Waals surface area contributed by atoms with E-state index >= 15 is 0 Å². The summed E-state index contributed by atoms with van der Waals surface area (Å²) in [6.45, 7) is 1.15. The van der Waals surface area contributed by atoms with Crippen molar-refractivity contribution >= 4 is 11.9 Å². The second-order valence-electron chi connectivity index (χ2n) is 3.93. The molecule has 1 aromatic carbocycles. The Morgan fingerprint density at radius 2 is 1.68 bits per heavy atom. The summed E-state index contributed by atoms with van der Waals surface area (Å²) in [4.78, 5) is 22.7. The highest BCUT2D eigenvalue weighted by atomic mass is 19.4. The van der Waals surface area contributed by atoms with E-state index in [1.807, 2.05) is 0 Å². The quantitative estimate of drug-likeness (QED) is 0.855. The van der Waals surface area contributed by atoms with Gasteiger partial charge in [-0.05, 0) is 12.5 Å². The topological polar surface area (TPSA) is 55.4 Å². The number of esters is 1. The molecule has 0 bridgehead atoms. The maximum Gasteiger partial charge on any atom is 0.471 e. The zero-order chi connectivity index (χ0) is 14.7. The average Bonchev–Trinajstić information content (AvgIpc) is 2.37. The molecule has 4 nitrogen and oxygen atoms in total. The van der Waals surface area contributed by atoms with Gasteiger partial charge in [0.05, 0.1) is 7.11 Å². The molecule has 7 heteroatoms. The largest absolute Gasteiger partial charge is 0.471 e. The minimum atomic E-state index is -5.08. The first-order valence-electron chi connectivity index (χ1n) is 5.25. The van der Waals surface area contributed by atoms with E-state index in [1.165, 1.54) is 24.3 Å². The molecule has 1 N–H and O–H groups in total. The maximum absolute atomic E-state index is 12.3. The van der Waals surface area contributed by atoms with Crippen molar-refractivity contribution in [1.29, 1.82) is 0 Å². The Balaban J connectivity index is 3.16. The van der Waals surface area contributed by atoms with E-state index in [-0.39, 0.29) is 5.56 Å². The normalized spacial score (nSPS) is 14.4. The molecule has 0 aliphatic carbocycles. The van der Waals surface area contributed by atoms with E-state index in [1.54, 1.807) is 11.4 Å². The number of benzene rings is 1. The number of hydrogen-bond donors (Lipinski definition) is 1. The Bertz CT molecular complexity index is 473. The summed E-state index contributed by atoms with van der Waals surface area (Å²) in [5.41, 5.74) is -1.71. The van der Waals surface area contributed by atoms with Crippen LogP contribution in [0.2, 0.25) is 0 Å². The smallest absolute Gasteiger partial charge is 0.467 e. The summed E-state index contributed by atoms with van der Waals surface area (Å²) in [7, 11) is 1.03. The number of ether oxygens (including phenoxy) is 1. The van der Waals surface area contributed by atoms with Crippen molar-refractivity contribution in [3.63, 3.8) is 0 Å². The lowest BCUT2D eigenvalue weighted by Crippen LogP contribution is -2.53. The van der Waals surface area contributed by atoms with Crippen molar-refractivity contribution in [1.82, 2.24) is 5.32 Å². The predicted octanol–water partition coefficient (Wildman–Crippen LogP) is 1.75. The van der Waals surface area contributed by atoms with Gasteiger partial charge in [0.2, 0.25) is 0 Å². The minimum Gasteiger partial charge on any atom is -0.467 e. The first-order valence-corrected chi connectivity index (χ1v) is 5.25. The number of alkyl halides is 3. The highest BCUT2D eigenvalue weighted by molar-refractivity contribution is 5.91. The van der Waals surface area contributed by atoms with Crippen LogP contribution in [-0.2, 0) is 19.9 Å². The second kappa shape index (κ2) is 5.29. The molecule has 0 spiro atoms. The molecular weight excluding hydrogens is 263 g/mol. The number of rotatable bonds is 3. The third kappa shape index (κ3) is 3.24. The standard InChI is InChI=1S/C12H12F3NO3/c1-11(10(18)19-2,8-6-4-3-5-7-8)16-9(17)12(13,14)15/h3-7H,1-2H3,(H,16,17). The van der Waals surface area contributed by atoms with E-state index in [0.29, 0.717) is 0 Å². The van der Waals surface area contributed by atoms with Gasteiger partial charge in [-0.2, -0.15) is 13.2 Å². The van der Waals surface area contributed by atoms with E-state index in [4.69, 9.17) is 0 Å².